The second-order valence-corrected chi connectivity index (χ2v) is 5.74. The molecule has 0 fully saturated rings. The van der Waals surface area contributed by atoms with Crippen molar-refractivity contribution in [3.05, 3.63) is 23.7 Å². The van der Waals surface area contributed by atoms with Gasteiger partial charge in [-0.15, -0.1) is 28.0 Å². The Morgan fingerprint density at radius 2 is 2.19 bits per heavy atom. The number of alkyl halides is 1. The average molecular weight is 320 g/mol. The van der Waals surface area contributed by atoms with Crippen LogP contribution in [0.2, 0.25) is 0 Å². The summed E-state index contributed by atoms with van der Waals surface area (Å²) in [4.78, 5) is 9.92. The van der Waals surface area contributed by atoms with Crippen LogP contribution in [0.5, 0.6) is 0 Å². The minimum atomic E-state index is 0.282. The third-order valence-corrected chi connectivity index (χ3v) is 4.17. The molecular formula is C12H10ClN7S. The van der Waals surface area contributed by atoms with E-state index in [0.29, 0.717) is 29.5 Å². The lowest BCUT2D eigenvalue weighted by Gasteiger charge is -2.01. The van der Waals surface area contributed by atoms with E-state index >= 15 is 0 Å². The van der Waals surface area contributed by atoms with Gasteiger partial charge in [0.2, 0.25) is 5.95 Å². The van der Waals surface area contributed by atoms with Gasteiger partial charge in [-0.05, 0) is 11.4 Å². The van der Waals surface area contributed by atoms with Crippen molar-refractivity contribution in [2.45, 2.75) is 6.54 Å². The zero-order chi connectivity index (χ0) is 14.4. The van der Waals surface area contributed by atoms with Crippen LogP contribution in [0, 0.1) is 0 Å². The molecule has 0 bridgehead atoms. The monoisotopic (exact) mass is 319 g/mol. The zero-order valence-electron chi connectivity index (χ0n) is 10.8. The van der Waals surface area contributed by atoms with Crippen LogP contribution < -0.4 is 5.73 Å². The summed E-state index contributed by atoms with van der Waals surface area (Å²) in [7, 11) is 0. The van der Waals surface area contributed by atoms with Crippen molar-refractivity contribution in [2.24, 2.45) is 0 Å². The highest BCUT2D eigenvalue weighted by molar-refractivity contribution is 7.13. The summed E-state index contributed by atoms with van der Waals surface area (Å²) in [5, 5.41) is 11.5. The number of aryl methyl sites for hydroxylation is 1. The first-order valence-electron chi connectivity index (χ1n) is 6.25. The molecule has 9 heteroatoms. The lowest BCUT2D eigenvalue weighted by molar-refractivity contribution is 0.680. The number of halogens is 1. The van der Waals surface area contributed by atoms with E-state index in [9.17, 15) is 0 Å². The SMILES string of the molecule is Nc1nc2c(cnn2CCCl)c2nc(-c3cccs3)nn12. The summed E-state index contributed by atoms with van der Waals surface area (Å²) in [6.45, 7) is 0.569. The van der Waals surface area contributed by atoms with E-state index in [1.165, 1.54) is 0 Å². The largest absolute Gasteiger partial charge is 0.368 e. The Labute approximate surface area is 128 Å². The fraction of sp³-hybridized carbons (Fsp3) is 0.167. The van der Waals surface area contributed by atoms with Crippen LogP contribution in [0.15, 0.2) is 23.7 Å². The Bertz CT molecular complexity index is 924. The smallest absolute Gasteiger partial charge is 0.225 e. The minimum Gasteiger partial charge on any atom is -0.368 e. The van der Waals surface area contributed by atoms with Crippen LogP contribution >= 0.6 is 22.9 Å². The molecular weight excluding hydrogens is 310 g/mol. The lowest BCUT2D eigenvalue weighted by atomic mass is 10.4. The topological polar surface area (TPSA) is 86.9 Å². The molecule has 4 rings (SSSR count). The van der Waals surface area contributed by atoms with Crippen molar-refractivity contribution in [1.82, 2.24) is 29.4 Å². The number of hydrogen-bond acceptors (Lipinski definition) is 6. The number of aromatic nitrogens is 6. The maximum absolute atomic E-state index is 5.99. The summed E-state index contributed by atoms with van der Waals surface area (Å²) in [5.41, 5.74) is 7.32. The molecule has 7 nitrogen and oxygen atoms in total. The van der Waals surface area contributed by atoms with Gasteiger partial charge >= 0.3 is 0 Å². The molecule has 0 unspecified atom stereocenters. The van der Waals surface area contributed by atoms with Crippen LogP contribution in [-0.2, 0) is 6.54 Å². The second-order valence-electron chi connectivity index (χ2n) is 4.41. The molecule has 0 aromatic carbocycles. The second kappa shape index (κ2) is 4.68. The standard InChI is InChI=1S/C12H10ClN7S/c13-3-4-19-10-7(6-15-19)11-16-9(8-2-1-5-21-8)18-20(11)12(14)17-10/h1-2,5-6H,3-4H2,(H2,14,17). The van der Waals surface area contributed by atoms with E-state index in [2.05, 4.69) is 20.2 Å². The van der Waals surface area contributed by atoms with Gasteiger partial charge in [-0.1, -0.05) is 6.07 Å². The third kappa shape index (κ3) is 1.87. The van der Waals surface area contributed by atoms with Gasteiger partial charge in [0, 0.05) is 5.88 Å². The van der Waals surface area contributed by atoms with Gasteiger partial charge in [0.15, 0.2) is 17.1 Å². The molecule has 4 aromatic rings. The number of fused-ring (bicyclic) bond motifs is 3. The first-order valence-corrected chi connectivity index (χ1v) is 7.67. The highest BCUT2D eigenvalue weighted by Gasteiger charge is 2.16. The zero-order valence-corrected chi connectivity index (χ0v) is 12.3. The Morgan fingerprint density at radius 3 is 2.95 bits per heavy atom. The van der Waals surface area contributed by atoms with Crippen LogP contribution in [-0.4, -0.2) is 35.2 Å². The number of thiophene rings is 1. The number of hydrogen-bond donors (Lipinski definition) is 1. The van der Waals surface area contributed by atoms with Gasteiger partial charge in [0.25, 0.3) is 0 Å². The average Bonchev–Trinajstić information content (AvgIpc) is 3.16. The molecule has 0 aliphatic heterocycles. The molecule has 0 saturated heterocycles. The van der Waals surface area contributed by atoms with Crippen molar-refractivity contribution in [2.75, 3.05) is 11.6 Å². The molecule has 0 aliphatic rings. The van der Waals surface area contributed by atoms with Crippen molar-refractivity contribution in [3.63, 3.8) is 0 Å². The number of nitrogens with zero attached hydrogens (tertiary/aromatic N) is 6. The number of anilines is 1. The number of nitrogen functional groups attached to an aromatic ring is 1. The van der Waals surface area contributed by atoms with Gasteiger partial charge in [-0.3, -0.25) is 0 Å². The van der Waals surface area contributed by atoms with Crippen LogP contribution in [0.3, 0.4) is 0 Å². The van der Waals surface area contributed by atoms with E-state index in [1.807, 2.05) is 17.5 Å². The molecule has 0 amide bonds. The van der Waals surface area contributed by atoms with E-state index in [0.717, 1.165) is 10.3 Å². The fourth-order valence-electron chi connectivity index (χ4n) is 2.21. The third-order valence-electron chi connectivity index (χ3n) is 3.14. The fourth-order valence-corrected chi connectivity index (χ4v) is 3.02. The van der Waals surface area contributed by atoms with Crippen molar-refractivity contribution in [3.8, 4) is 10.7 Å². The van der Waals surface area contributed by atoms with Gasteiger partial charge in [0.1, 0.15) is 0 Å². The first-order chi connectivity index (χ1) is 10.3. The van der Waals surface area contributed by atoms with Crippen LogP contribution in [0.1, 0.15) is 0 Å². The highest BCUT2D eigenvalue weighted by Crippen LogP contribution is 2.25. The molecule has 21 heavy (non-hydrogen) atoms. The van der Waals surface area contributed by atoms with E-state index in [1.54, 1.807) is 26.7 Å². The lowest BCUT2D eigenvalue weighted by Crippen LogP contribution is -2.06. The Morgan fingerprint density at radius 1 is 1.29 bits per heavy atom. The van der Waals surface area contributed by atoms with E-state index in [4.69, 9.17) is 17.3 Å². The predicted octanol–water partition coefficient (Wildman–Crippen LogP) is 2.02. The summed E-state index contributed by atoms with van der Waals surface area (Å²) in [6, 6.07) is 3.93. The first kappa shape index (κ1) is 12.5. The Balaban J connectivity index is 2.01. The quantitative estimate of drug-likeness (QED) is 0.584. The summed E-state index contributed by atoms with van der Waals surface area (Å²) < 4.78 is 3.27. The highest BCUT2D eigenvalue weighted by atomic mass is 35.5. The molecule has 4 heterocycles. The molecule has 0 atom stereocenters. The van der Waals surface area contributed by atoms with E-state index < -0.39 is 0 Å². The Kier molecular flexibility index (Phi) is 2.79. The van der Waals surface area contributed by atoms with Crippen LogP contribution in [0.25, 0.3) is 27.4 Å². The van der Waals surface area contributed by atoms with Crippen LogP contribution in [0.4, 0.5) is 5.95 Å². The molecule has 0 spiro atoms. The van der Waals surface area contributed by atoms with Crippen molar-refractivity contribution < 1.29 is 0 Å². The summed E-state index contributed by atoms with van der Waals surface area (Å²) >= 11 is 7.35. The molecule has 0 radical (unpaired) electrons. The molecule has 0 saturated carbocycles. The number of nitrogens with two attached hydrogens (primary N) is 1. The van der Waals surface area contributed by atoms with Gasteiger partial charge < -0.3 is 5.73 Å². The normalized spacial score (nSPS) is 11.7. The Hall–Kier alpha value is -2.19. The van der Waals surface area contributed by atoms with Gasteiger partial charge in [-0.2, -0.15) is 14.6 Å². The van der Waals surface area contributed by atoms with Crippen molar-refractivity contribution in [1.29, 1.82) is 0 Å². The summed E-state index contributed by atoms with van der Waals surface area (Å²) in [6.07, 6.45) is 1.72. The number of rotatable bonds is 3. The maximum atomic E-state index is 5.99. The molecule has 0 aliphatic carbocycles. The predicted molar refractivity (Wildman–Crippen MR) is 82.5 cm³/mol. The minimum absolute atomic E-state index is 0.282. The maximum Gasteiger partial charge on any atom is 0.225 e. The van der Waals surface area contributed by atoms with Gasteiger partial charge in [-0.25, -0.2) is 9.67 Å². The van der Waals surface area contributed by atoms with Crippen molar-refractivity contribution >= 4 is 45.6 Å². The van der Waals surface area contributed by atoms with E-state index in [-0.39, 0.29) is 5.95 Å². The molecule has 4 aromatic heterocycles. The van der Waals surface area contributed by atoms with Gasteiger partial charge in [0.05, 0.1) is 23.0 Å². The molecule has 2 N–H and O–H groups in total. The molecule has 106 valence electrons. The summed E-state index contributed by atoms with van der Waals surface area (Å²) in [5.74, 6) is 1.37.